The summed E-state index contributed by atoms with van der Waals surface area (Å²) < 4.78 is 0.835. The molecule has 0 atom stereocenters. The molecule has 0 aliphatic heterocycles. The molecule has 1 N–H and O–H groups in total. The Balaban J connectivity index is 2.23. The molecule has 0 aliphatic rings. The molecule has 1 aromatic heterocycles. The van der Waals surface area contributed by atoms with Crippen LogP contribution in [0.2, 0.25) is 5.02 Å². The molecule has 0 radical (unpaired) electrons. The topological polar surface area (TPSA) is 54.9 Å². The minimum absolute atomic E-state index is 0.230. The van der Waals surface area contributed by atoms with Gasteiger partial charge < -0.3 is 5.32 Å². The van der Waals surface area contributed by atoms with E-state index in [1.54, 1.807) is 18.2 Å². The van der Waals surface area contributed by atoms with Gasteiger partial charge in [0.15, 0.2) is 0 Å². The second kappa shape index (κ2) is 5.42. The summed E-state index contributed by atoms with van der Waals surface area (Å²) in [4.78, 5) is 19.6. The van der Waals surface area contributed by atoms with Crippen LogP contribution < -0.4 is 5.32 Å². The monoisotopic (exact) mass is 359 g/mol. The zero-order chi connectivity index (χ0) is 12.3. The summed E-state index contributed by atoms with van der Waals surface area (Å²) in [6.45, 7) is 0. The molecular weight excluding hydrogens is 352 g/mol. The molecule has 2 rings (SSSR count). The highest BCUT2D eigenvalue weighted by Crippen LogP contribution is 2.19. The lowest BCUT2D eigenvalue weighted by Crippen LogP contribution is -2.13. The number of rotatable bonds is 2. The van der Waals surface area contributed by atoms with E-state index in [1.807, 2.05) is 0 Å². The van der Waals surface area contributed by atoms with Gasteiger partial charge in [-0.05, 0) is 40.8 Å². The molecule has 0 saturated heterocycles. The van der Waals surface area contributed by atoms with Gasteiger partial charge in [0.25, 0.3) is 5.91 Å². The number of nitrogens with zero attached hydrogens (tertiary/aromatic N) is 2. The van der Waals surface area contributed by atoms with E-state index in [9.17, 15) is 4.79 Å². The van der Waals surface area contributed by atoms with Crippen LogP contribution in [-0.4, -0.2) is 15.9 Å². The highest BCUT2D eigenvalue weighted by Gasteiger charge is 2.10. The number of benzene rings is 1. The predicted molar refractivity (Wildman–Crippen MR) is 74.2 cm³/mol. The van der Waals surface area contributed by atoms with E-state index in [0.717, 1.165) is 3.57 Å². The van der Waals surface area contributed by atoms with E-state index in [0.29, 0.717) is 16.3 Å². The summed E-state index contributed by atoms with van der Waals surface area (Å²) in [5.74, 6) is -0.230. The van der Waals surface area contributed by atoms with Crippen LogP contribution in [0.5, 0.6) is 0 Å². The van der Waals surface area contributed by atoms with Gasteiger partial charge in [0.1, 0.15) is 6.33 Å². The van der Waals surface area contributed by atoms with Crippen molar-refractivity contribution in [2.45, 2.75) is 0 Å². The summed E-state index contributed by atoms with van der Waals surface area (Å²) in [6.07, 6.45) is 4.46. The number of hydrogen-bond donors (Lipinski definition) is 1. The fraction of sp³-hybridized carbons (Fsp3) is 0. The maximum absolute atomic E-state index is 12.0. The smallest absolute Gasteiger partial charge is 0.256 e. The van der Waals surface area contributed by atoms with E-state index in [4.69, 9.17) is 11.6 Å². The summed E-state index contributed by atoms with van der Waals surface area (Å²) in [5, 5.41) is 3.23. The first kappa shape index (κ1) is 12.3. The van der Waals surface area contributed by atoms with E-state index >= 15 is 0 Å². The van der Waals surface area contributed by atoms with Gasteiger partial charge in [-0.3, -0.25) is 4.79 Å². The third kappa shape index (κ3) is 3.13. The summed E-state index contributed by atoms with van der Waals surface area (Å²) in [5.41, 5.74) is 1.08. The summed E-state index contributed by atoms with van der Waals surface area (Å²) in [7, 11) is 0. The standard InChI is InChI=1S/C11H7ClIN3O/c12-7-1-2-10(13)9(3-7)11(17)16-8-4-14-6-15-5-8/h1-6H,(H,16,17). The normalized spacial score (nSPS) is 10.0. The fourth-order valence-corrected chi connectivity index (χ4v) is 1.99. The van der Waals surface area contributed by atoms with Gasteiger partial charge in [-0.25, -0.2) is 9.97 Å². The maximum Gasteiger partial charge on any atom is 0.256 e. The number of aromatic nitrogens is 2. The zero-order valence-corrected chi connectivity index (χ0v) is 11.4. The quantitative estimate of drug-likeness (QED) is 0.839. The molecule has 0 saturated carbocycles. The molecule has 1 aromatic carbocycles. The van der Waals surface area contributed by atoms with Crippen molar-refractivity contribution in [3.05, 3.63) is 51.1 Å². The van der Waals surface area contributed by atoms with Gasteiger partial charge in [0, 0.05) is 8.59 Å². The van der Waals surface area contributed by atoms with Gasteiger partial charge in [0.05, 0.1) is 23.6 Å². The Hall–Kier alpha value is -1.21. The van der Waals surface area contributed by atoms with Crippen molar-refractivity contribution in [3.8, 4) is 0 Å². The molecule has 17 heavy (non-hydrogen) atoms. The van der Waals surface area contributed by atoms with Crippen LogP contribution in [0.1, 0.15) is 10.4 Å². The van der Waals surface area contributed by atoms with Crippen molar-refractivity contribution in [3.63, 3.8) is 0 Å². The van der Waals surface area contributed by atoms with Gasteiger partial charge in [-0.1, -0.05) is 11.6 Å². The van der Waals surface area contributed by atoms with Gasteiger partial charge in [-0.2, -0.15) is 0 Å². The minimum Gasteiger partial charge on any atom is -0.319 e. The lowest BCUT2D eigenvalue weighted by atomic mass is 10.2. The lowest BCUT2D eigenvalue weighted by molar-refractivity contribution is 0.102. The Morgan fingerprint density at radius 2 is 2.00 bits per heavy atom. The van der Waals surface area contributed by atoms with Crippen molar-refractivity contribution in [1.29, 1.82) is 0 Å². The molecule has 0 aliphatic carbocycles. The van der Waals surface area contributed by atoms with Crippen molar-refractivity contribution >= 4 is 45.8 Å². The third-order valence-corrected chi connectivity index (χ3v) is 3.17. The first-order chi connectivity index (χ1) is 8.16. The minimum atomic E-state index is -0.230. The highest BCUT2D eigenvalue weighted by molar-refractivity contribution is 14.1. The molecule has 0 bridgehead atoms. The van der Waals surface area contributed by atoms with E-state index in [1.165, 1.54) is 18.7 Å². The number of halogens is 2. The zero-order valence-electron chi connectivity index (χ0n) is 8.52. The molecule has 86 valence electrons. The largest absolute Gasteiger partial charge is 0.319 e. The number of nitrogens with one attached hydrogen (secondary N) is 1. The Bertz CT molecular complexity index is 548. The van der Waals surface area contributed by atoms with Crippen LogP contribution in [0.25, 0.3) is 0 Å². The Morgan fingerprint density at radius 3 is 2.71 bits per heavy atom. The molecule has 6 heteroatoms. The fourth-order valence-electron chi connectivity index (χ4n) is 1.23. The van der Waals surface area contributed by atoms with Crippen LogP contribution in [0.15, 0.2) is 36.9 Å². The van der Waals surface area contributed by atoms with Gasteiger partial charge in [-0.15, -0.1) is 0 Å². The predicted octanol–water partition coefficient (Wildman–Crippen LogP) is 2.99. The van der Waals surface area contributed by atoms with Gasteiger partial charge in [0.2, 0.25) is 0 Å². The molecule has 4 nitrogen and oxygen atoms in total. The summed E-state index contributed by atoms with van der Waals surface area (Å²) >= 11 is 7.94. The summed E-state index contributed by atoms with van der Waals surface area (Å²) in [6, 6.07) is 5.16. The number of amides is 1. The molecular formula is C11H7ClIN3O. The van der Waals surface area contributed by atoms with Crippen LogP contribution in [0.4, 0.5) is 5.69 Å². The van der Waals surface area contributed by atoms with Crippen LogP contribution in [0.3, 0.4) is 0 Å². The Morgan fingerprint density at radius 1 is 1.29 bits per heavy atom. The molecule has 2 aromatic rings. The average Bonchev–Trinajstić information content (AvgIpc) is 2.33. The average molecular weight is 360 g/mol. The Kier molecular flexibility index (Phi) is 3.90. The highest BCUT2D eigenvalue weighted by atomic mass is 127. The number of carbonyl (C=O) groups is 1. The second-order valence-corrected chi connectivity index (χ2v) is 4.80. The molecule has 1 amide bonds. The third-order valence-electron chi connectivity index (χ3n) is 1.99. The number of carbonyl (C=O) groups excluding carboxylic acids is 1. The van der Waals surface area contributed by atoms with E-state index in [2.05, 4.69) is 37.9 Å². The second-order valence-electron chi connectivity index (χ2n) is 3.21. The Labute approximate surface area is 117 Å². The lowest BCUT2D eigenvalue weighted by Gasteiger charge is -2.06. The molecule has 1 heterocycles. The van der Waals surface area contributed by atoms with Crippen molar-refractivity contribution < 1.29 is 4.79 Å². The molecule has 0 unspecified atom stereocenters. The van der Waals surface area contributed by atoms with Crippen molar-refractivity contribution in [2.24, 2.45) is 0 Å². The first-order valence-electron chi connectivity index (χ1n) is 4.68. The van der Waals surface area contributed by atoms with Crippen molar-refractivity contribution in [1.82, 2.24) is 9.97 Å². The van der Waals surface area contributed by atoms with Crippen LogP contribution in [-0.2, 0) is 0 Å². The van der Waals surface area contributed by atoms with E-state index in [-0.39, 0.29) is 5.91 Å². The van der Waals surface area contributed by atoms with Crippen LogP contribution >= 0.6 is 34.2 Å². The number of anilines is 1. The SMILES string of the molecule is O=C(Nc1cncnc1)c1cc(Cl)ccc1I. The maximum atomic E-state index is 12.0. The van der Waals surface area contributed by atoms with Gasteiger partial charge >= 0.3 is 0 Å². The number of hydrogen-bond acceptors (Lipinski definition) is 3. The first-order valence-corrected chi connectivity index (χ1v) is 6.14. The molecule has 0 fully saturated rings. The molecule has 0 spiro atoms. The van der Waals surface area contributed by atoms with Crippen molar-refractivity contribution in [2.75, 3.05) is 5.32 Å². The van der Waals surface area contributed by atoms with Crippen LogP contribution in [0, 0.1) is 3.57 Å². The van der Waals surface area contributed by atoms with E-state index < -0.39 is 0 Å².